The molecule has 0 amide bonds. The van der Waals surface area contributed by atoms with Gasteiger partial charge in [0.05, 0.1) is 5.57 Å². The number of hydrogen-bond donors (Lipinski definition) is 0. The summed E-state index contributed by atoms with van der Waals surface area (Å²) in [6, 6.07) is 18.8. The van der Waals surface area contributed by atoms with Crippen LogP contribution in [0.3, 0.4) is 0 Å². The summed E-state index contributed by atoms with van der Waals surface area (Å²) in [5.74, 6) is 0.401. The van der Waals surface area contributed by atoms with Crippen LogP contribution in [-0.4, -0.2) is 5.97 Å². The number of benzene rings is 3. The van der Waals surface area contributed by atoms with Crippen molar-refractivity contribution < 1.29 is 9.53 Å². The second kappa shape index (κ2) is 5.43. The highest BCUT2D eigenvalue weighted by Gasteiger charge is 2.30. The maximum atomic E-state index is 12.7. The maximum absolute atomic E-state index is 12.7. The number of aryl methyl sites for hydroxylation is 2. The van der Waals surface area contributed by atoms with E-state index in [9.17, 15) is 4.79 Å². The van der Waals surface area contributed by atoms with Gasteiger partial charge in [-0.2, -0.15) is 0 Å². The van der Waals surface area contributed by atoms with Crippen molar-refractivity contribution >= 4 is 28.1 Å². The smallest absolute Gasteiger partial charge is 0.344 e. The second-order valence-electron chi connectivity index (χ2n) is 7.11. The number of esters is 1. The number of allylic oxidation sites excluding steroid dienone is 1. The van der Waals surface area contributed by atoms with Gasteiger partial charge in [0.15, 0.2) is 0 Å². The molecule has 1 heterocycles. The summed E-state index contributed by atoms with van der Waals surface area (Å²) in [6.45, 7) is 4.12. The number of ether oxygens (including phenoxy) is 1. The van der Waals surface area contributed by atoms with Crippen molar-refractivity contribution in [2.24, 2.45) is 0 Å². The largest absolute Gasteiger partial charge is 0.422 e. The van der Waals surface area contributed by atoms with Crippen LogP contribution in [0.4, 0.5) is 0 Å². The third kappa shape index (κ3) is 2.15. The Labute approximate surface area is 152 Å². The Balaban J connectivity index is 1.68. The Bertz CT molecular complexity index is 1160. The molecule has 0 N–H and O–H groups in total. The van der Waals surface area contributed by atoms with Crippen molar-refractivity contribution in [1.29, 1.82) is 0 Å². The van der Waals surface area contributed by atoms with Crippen molar-refractivity contribution in [1.82, 2.24) is 0 Å². The van der Waals surface area contributed by atoms with E-state index in [1.807, 2.05) is 25.1 Å². The molecule has 26 heavy (non-hydrogen) atoms. The summed E-state index contributed by atoms with van der Waals surface area (Å²) in [5, 5.41) is 2.49. The van der Waals surface area contributed by atoms with Crippen molar-refractivity contribution in [3.8, 4) is 0 Å². The van der Waals surface area contributed by atoms with E-state index >= 15 is 0 Å². The van der Waals surface area contributed by atoms with Gasteiger partial charge in [0.2, 0.25) is 0 Å². The number of carbonyl (C=O) groups is 1. The van der Waals surface area contributed by atoms with Crippen molar-refractivity contribution in [3.63, 3.8) is 0 Å². The topological polar surface area (TPSA) is 26.3 Å². The molecular formula is C24H18O2. The fourth-order valence-corrected chi connectivity index (χ4v) is 4.15. The van der Waals surface area contributed by atoms with E-state index in [1.165, 1.54) is 21.9 Å². The Morgan fingerprint density at radius 2 is 1.73 bits per heavy atom. The van der Waals surface area contributed by atoms with Gasteiger partial charge in [-0.1, -0.05) is 60.2 Å². The van der Waals surface area contributed by atoms with E-state index in [4.69, 9.17) is 4.74 Å². The highest BCUT2D eigenvalue weighted by molar-refractivity contribution is 6.13. The molecule has 5 rings (SSSR count). The first-order valence-electron chi connectivity index (χ1n) is 8.87. The molecule has 0 atom stereocenters. The molecule has 1 aliphatic heterocycles. The molecule has 3 aromatic rings. The summed E-state index contributed by atoms with van der Waals surface area (Å²) < 4.78 is 5.65. The van der Waals surface area contributed by atoms with Crippen molar-refractivity contribution in [2.45, 2.75) is 20.3 Å². The van der Waals surface area contributed by atoms with Crippen LogP contribution < -0.4 is 0 Å². The summed E-state index contributed by atoms with van der Waals surface area (Å²) in [6.07, 6.45) is 2.69. The normalized spacial score (nSPS) is 18.4. The molecule has 0 unspecified atom stereocenters. The Hall–Kier alpha value is -3.13. The molecule has 0 spiro atoms. The Morgan fingerprint density at radius 1 is 0.923 bits per heavy atom. The fourth-order valence-electron chi connectivity index (χ4n) is 4.15. The molecule has 0 radical (unpaired) electrons. The number of cyclic esters (lactones) is 1. The first-order chi connectivity index (χ1) is 12.6. The van der Waals surface area contributed by atoms with E-state index in [2.05, 4.69) is 49.4 Å². The van der Waals surface area contributed by atoms with Gasteiger partial charge in [-0.3, -0.25) is 0 Å². The minimum atomic E-state index is -0.250. The number of rotatable bonds is 1. The first-order valence-corrected chi connectivity index (χ1v) is 8.87. The van der Waals surface area contributed by atoms with E-state index in [0.717, 1.165) is 28.7 Å². The molecular weight excluding hydrogens is 320 g/mol. The molecule has 0 bridgehead atoms. The molecule has 0 saturated heterocycles. The molecule has 0 aromatic heterocycles. The third-order valence-corrected chi connectivity index (χ3v) is 5.35. The first kappa shape index (κ1) is 15.2. The molecule has 0 saturated carbocycles. The lowest BCUT2D eigenvalue weighted by molar-refractivity contribution is -0.130. The lowest BCUT2D eigenvalue weighted by Gasteiger charge is -2.06. The van der Waals surface area contributed by atoms with Crippen LogP contribution in [0.5, 0.6) is 0 Å². The lowest BCUT2D eigenvalue weighted by atomic mass is 9.99. The fraction of sp³-hybridized carbons (Fsp3) is 0.125. The predicted molar refractivity (Wildman–Crippen MR) is 105 cm³/mol. The van der Waals surface area contributed by atoms with Gasteiger partial charge in [0, 0.05) is 5.56 Å². The van der Waals surface area contributed by atoms with Gasteiger partial charge in [-0.15, -0.1) is 0 Å². The molecule has 1 aliphatic carbocycles. The van der Waals surface area contributed by atoms with Crippen molar-refractivity contribution in [3.05, 3.63) is 94.1 Å². The maximum Gasteiger partial charge on any atom is 0.344 e. The van der Waals surface area contributed by atoms with Crippen LogP contribution >= 0.6 is 0 Å². The quantitative estimate of drug-likeness (QED) is 0.441. The number of hydrogen-bond acceptors (Lipinski definition) is 2. The molecule has 3 aromatic carbocycles. The highest BCUT2D eigenvalue weighted by atomic mass is 16.5. The van der Waals surface area contributed by atoms with Crippen molar-refractivity contribution in [2.75, 3.05) is 0 Å². The van der Waals surface area contributed by atoms with Gasteiger partial charge in [-0.05, 0) is 59.4 Å². The highest BCUT2D eigenvalue weighted by Crippen LogP contribution is 2.42. The van der Waals surface area contributed by atoms with Crippen LogP contribution in [0.25, 0.3) is 22.1 Å². The molecule has 2 heteroatoms. The van der Waals surface area contributed by atoms with Crippen LogP contribution in [0.1, 0.15) is 27.8 Å². The Kier molecular flexibility index (Phi) is 3.17. The van der Waals surface area contributed by atoms with Crippen LogP contribution in [0.15, 0.2) is 66.2 Å². The Morgan fingerprint density at radius 3 is 2.54 bits per heavy atom. The molecule has 126 valence electrons. The average Bonchev–Trinajstić information content (AvgIpc) is 3.18. The van der Waals surface area contributed by atoms with Crippen LogP contribution in [-0.2, 0) is 16.0 Å². The number of carbonyl (C=O) groups excluding carboxylic acids is 1. The SMILES string of the molecule is Cc1ccc(C2=C/C(=C3\Cc4cccc5cccc3c45)C(=O)O2)c(C)c1. The zero-order valence-corrected chi connectivity index (χ0v) is 14.8. The molecule has 0 fully saturated rings. The molecule has 2 aliphatic rings. The minimum absolute atomic E-state index is 0.250. The summed E-state index contributed by atoms with van der Waals surface area (Å²) in [5.41, 5.74) is 7.49. The standard InChI is InChI=1S/C24H18O2/c1-14-9-10-18(15(2)11-14)22-13-21(24(25)26-22)20-12-17-7-3-5-16-6-4-8-19(20)23(16)17/h3-11,13H,12H2,1-2H3/b21-20-. The van der Waals surface area contributed by atoms with Gasteiger partial charge in [-0.25, -0.2) is 4.79 Å². The minimum Gasteiger partial charge on any atom is -0.422 e. The molecule has 2 nitrogen and oxygen atoms in total. The van der Waals surface area contributed by atoms with Gasteiger partial charge >= 0.3 is 5.97 Å². The van der Waals surface area contributed by atoms with Gasteiger partial charge < -0.3 is 4.74 Å². The zero-order valence-electron chi connectivity index (χ0n) is 14.8. The monoisotopic (exact) mass is 338 g/mol. The van der Waals surface area contributed by atoms with E-state index in [-0.39, 0.29) is 5.97 Å². The average molecular weight is 338 g/mol. The zero-order chi connectivity index (χ0) is 17.8. The summed E-state index contributed by atoms with van der Waals surface area (Å²) in [4.78, 5) is 12.7. The van der Waals surface area contributed by atoms with Gasteiger partial charge in [0.25, 0.3) is 0 Å². The van der Waals surface area contributed by atoms with Crippen LogP contribution in [0, 0.1) is 13.8 Å². The summed E-state index contributed by atoms with van der Waals surface area (Å²) in [7, 11) is 0. The predicted octanol–water partition coefficient (Wildman–Crippen LogP) is 5.36. The van der Waals surface area contributed by atoms with E-state index in [1.54, 1.807) is 0 Å². The van der Waals surface area contributed by atoms with Crippen LogP contribution in [0.2, 0.25) is 0 Å². The van der Waals surface area contributed by atoms with Gasteiger partial charge in [0.1, 0.15) is 5.76 Å². The second-order valence-corrected chi connectivity index (χ2v) is 7.11. The summed E-state index contributed by atoms with van der Waals surface area (Å²) >= 11 is 0. The van der Waals surface area contributed by atoms with E-state index < -0.39 is 0 Å². The third-order valence-electron chi connectivity index (χ3n) is 5.35. The van der Waals surface area contributed by atoms with E-state index in [0.29, 0.717) is 11.3 Å². The lowest BCUT2D eigenvalue weighted by Crippen LogP contribution is -2.01.